The number of hydrogen-bond acceptors (Lipinski definition) is 3. The van der Waals surface area contributed by atoms with Crippen molar-refractivity contribution >= 4 is 10.0 Å². The van der Waals surface area contributed by atoms with Gasteiger partial charge in [0.2, 0.25) is 10.0 Å². The topological polar surface area (TPSA) is 55.4 Å². The Morgan fingerprint density at radius 1 is 1.00 bits per heavy atom. The molecule has 0 atom stereocenters. The van der Waals surface area contributed by atoms with Gasteiger partial charge in [-0.15, -0.1) is 0 Å². The van der Waals surface area contributed by atoms with E-state index in [-0.39, 0.29) is 11.0 Å². The number of sulfonamides is 1. The van der Waals surface area contributed by atoms with Gasteiger partial charge in [-0.25, -0.2) is 13.1 Å². The molecule has 150 valence electrons. The molecule has 4 bridgehead atoms. The highest BCUT2D eigenvalue weighted by molar-refractivity contribution is 7.89. The van der Waals surface area contributed by atoms with Gasteiger partial charge < -0.3 is 4.74 Å². The van der Waals surface area contributed by atoms with Gasteiger partial charge in [-0.05, 0) is 79.4 Å². The van der Waals surface area contributed by atoms with Crippen LogP contribution < -0.4 is 4.72 Å². The maximum absolute atomic E-state index is 12.5. The Balaban J connectivity index is 1.31. The molecule has 5 heteroatoms. The molecule has 4 nitrogen and oxygen atoms in total. The first-order valence-corrected chi connectivity index (χ1v) is 11.9. The van der Waals surface area contributed by atoms with Crippen molar-refractivity contribution in [3.8, 4) is 0 Å². The quantitative estimate of drug-likeness (QED) is 0.738. The molecule has 4 aliphatic carbocycles. The van der Waals surface area contributed by atoms with E-state index in [9.17, 15) is 8.42 Å². The minimum atomic E-state index is -3.48. The fraction of sp³-hybridized carbons (Fsp3) is 0.727. The van der Waals surface area contributed by atoms with Gasteiger partial charge in [0.25, 0.3) is 0 Å². The Bertz CT molecular complexity index is 741. The van der Waals surface area contributed by atoms with Crippen LogP contribution in [-0.4, -0.2) is 27.2 Å². The summed E-state index contributed by atoms with van der Waals surface area (Å²) in [6.45, 7) is 7.17. The zero-order valence-corrected chi connectivity index (χ0v) is 17.6. The monoisotopic (exact) mass is 391 g/mol. The first-order valence-electron chi connectivity index (χ1n) is 10.4. The van der Waals surface area contributed by atoms with Gasteiger partial charge in [-0.3, -0.25) is 0 Å². The number of nitrogens with one attached hydrogen (secondary N) is 1. The molecule has 0 spiro atoms. The third-order valence-electron chi connectivity index (χ3n) is 6.82. The third-order valence-corrected chi connectivity index (χ3v) is 8.29. The highest BCUT2D eigenvalue weighted by Gasteiger charge is 2.51. The summed E-state index contributed by atoms with van der Waals surface area (Å²) in [5, 5.41) is 0. The van der Waals surface area contributed by atoms with Crippen molar-refractivity contribution in [3.05, 3.63) is 29.8 Å². The van der Waals surface area contributed by atoms with E-state index in [4.69, 9.17) is 4.74 Å². The summed E-state index contributed by atoms with van der Waals surface area (Å²) < 4.78 is 34.1. The minimum absolute atomic E-state index is 0.0153. The van der Waals surface area contributed by atoms with Crippen LogP contribution in [0, 0.1) is 17.8 Å². The second-order valence-corrected chi connectivity index (χ2v) is 11.9. The van der Waals surface area contributed by atoms with Crippen molar-refractivity contribution in [2.75, 3.05) is 13.2 Å². The van der Waals surface area contributed by atoms with Crippen LogP contribution in [0.1, 0.15) is 64.9 Å². The number of rotatable bonds is 6. The van der Waals surface area contributed by atoms with Crippen LogP contribution in [-0.2, 0) is 20.2 Å². The van der Waals surface area contributed by atoms with E-state index in [1.807, 2.05) is 12.1 Å². The SMILES string of the molecule is CC(C)(C)c1ccc(S(=O)(=O)NCCOC23CC4CC(CC(C4)C2)C3)cc1. The van der Waals surface area contributed by atoms with E-state index in [0.29, 0.717) is 18.0 Å². The third kappa shape index (κ3) is 4.10. The molecule has 1 N–H and O–H groups in total. The van der Waals surface area contributed by atoms with Crippen molar-refractivity contribution in [3.63, 3.8) is 0 Å². The highest BCUT2D eigenvalue weighted by Crippen LogP contribution is 2.57. The van der Waals surface area contributed by atoms with E-state index in [1.165, 1.54) is 38.5 Å². The van der Waals surface area contributed by atoms with Crippen LogP contribution in [0.15, 0.2) is 29.2 Å². The summed E-state index contributed by atoms with van der Waals surface area (Å²) in [5.74, 6) is 2.53. The highest BCUT2D eigenvalue weighted by atomic mass is 32.2. The molecule has 0 saturated heterocycles. The van der Waals surface area contributed by atoms with E-state index in [0.717, 1.165) is 23.3 Å². The fourth-order valence-corrected chi connectivity index (χ4v) is 6.88. The molecule has 27 heavy (non-hydrogen) atoms. The van der Waals surface area contributed by atoms with Gasteiger partial charge in [-0.2, -0.15) is 0 Å². The number of hydrogen-bond donors (Lipinski definition) is 1. The summed E-state index contributed by atoms with van der Waals surface area (Å²) in [6.07, 6.45) is 7.71. The van der Waals surface area contributed by atoms with Crippen molar-refractivity contribution < 1.29 is 13.2 Å². The van der Waals surface area contributed by atoms with E-state index >= 15 is 0 Å². The molecule has 4 saturated carbocycles. The van der Waals surface area contributed by atoms with E-state index < -0.39 is 10.0 Å². The molecule has 0 amide bonds. The second-order valence-electron chi connectivity index (χ2n) is 10.1. The number of ether oxygens (including phenoxy) is 1. The van der Waals surface area contributed by atoms with Gasteiger partial charge in [0, 0.05) is 6.54 Å². The summed E-state index contributed by atoms with van der Waals surface area (Å²) in [6, 6.07) is 7.20. The maximum Gasteiger partial charge on any atom is 0.240 e. The van der Waals surface area contributed by atoms with Crippen molar-refractivity contribution in [2.45, 2.75) is 75.2 Å². The van der Waals surface area contributed by atoms with Crippen molar-refractivity contribution in [1.29, 1.82) is 0 Å². The molecule has 5 rings (SSSR count). The zero-order valence-electron chi connectivity index (χ0n) is 16.8. The molecular weight excluding hydrogens is 358 g/mol. The molecule has 1 aromatic rings. The Labute approximate surface area is 164 Å². The molecule has 0 aliphatic heterocycles. The Morgan fingerprint density at radius 3 is 2.00 bits per heavy atom. The lowest BCUT2D eigenvalue weighted by Crippen LogP contribution is -2.52. The lowest BCUT2D eigenvalue weighted by Gasteiger charge is -2.56. The van der Waals surface area contributed by atoms with Crippen molar-refractivity contribution in [1.82, 2.24) is 4.72 Å². The van der Waals surface area contributed by atoms with Gasteiger partial charge in [-0.1, -0.05) is 32.9 Å². The summed E-state index contributed by atoms with van der Waals surface area (Å²) in [4.78, 5) is 0.324. The Morgan fingerprint density at radius 2 is 1.52 bits per heavy atom. The van der Waals surface area contributed by atoms with Crippen LogP contribution in [0.2, 0.25) is 0 Å². The van der Waals surface area contributed by atoms with Gasteiger partial charge in [0.15, 0.2) is 0 Å². The molecule has 4 aliphatic rings. The predicted molar refractivity (Wildman–Crippen MR) is 107 cm³/mol. The molecular formula is C22H33NO3S. The van der Waals surface area contributed by atoms with Gasteiger partial charge >= 0.3 is 0 Å². The summed E-state index contributed by atoms with van der Waals surface area (Å²) in [7, 11) is -3.48. The minimum Gasteiger partial charge on any atom is -0.374 e. The predicted octanol–water partition coefficient (Wildman–Crippen LogP) is 4.25. The van der Waals surface area contributed by atoms with Crippen LogP contribution in [0.5, 0.6) is 0 Å². The van der Waals surface area contributed by atoms with Crippen LogP contribution in [0.25, 0.3) is 0 Å². The molecule has 0 radical (unpaired) electrons. The first kappa shape index (κ1) is 19.4. The largest absolute Gasteiger partial charge is 0.374 e. The molecule has 4 fully saturated rings. The standard InChI is InChI=1S/C22H33NO3S/c1-21(2,3)19-4-6-20(7-5-19)27(24,25)23-8-9-26-22-13-16-10-17(14-22)12-18(11-16)15-22/h4-7,16-18,23H,8-15H2,1-3H3. The van der Waals surface area contributed by atoms with E-state index in [2.05, 4.69) is 25.5 Å². The first-order chi connectivity index (χ1) is 12.7. The smallest absolute Gasteiger partial charge is 0.240 e. The lowest BCUT2D eigenvalue weighted by atomic mass is 9.54. The van der Waals surface area contributed by atoms with E-state index in [1.54, 1.807) is 12.1 Å². The average molecular weight is 392 g/mol. The molecule has 0 unspecified atom stereocenters. The second kappa shape index (κ2) is 6.85. The van der Waals surface area contributed by atoms with Crippen LogP contribution in [0.4, 0.5) is 0 Å². The summed E-state index contributed by atoms with van der Waals surface area (Å²) >= 11 is 0. The van der Waals surface area contributed by atoms with Crippen LogP contribution in [0.3, 0.4) is 0 Å². The van der Waals surface area contributed by atoms with Crippen molar-refractivity contribution in [2.24, 2.45) is 17.8 Å². The average Bonchev–Trinajstić information content (AvgIpc) is 2.57. The number of benzene rings is 1. The molecule has 0 heterocycles. The fourth-order valence-electron chi connectivity index (χ4n) is 5.87. The van der Waals surface area contributed by atoms with Gasteiger partial charge in [0.1, 0.15) is 0 Å². The van der Waals surface area contributed by atoms with Crippen LogP contribution >= 0.6 is 0 Å². The Kier molecular flexibility index (Phi) is 4.93. The molecule has 0 aromatic heterocycles. The molecule has 1 aromatic carbocycles. The maximum atomic E-state index is 12.5. The van der Waals surface area contributed by atoms with Gasteiger partial charge in [0.05, 0.1) is 17.1 Å². The zero-order chi connectivity index (χ0) is 19.3. The lowest BCUT2D eigenvalue weighted by molar-refractivity contribution is -0.160. The normalized spacial score (nSPS) is 32.8. The Hall–Kier alpha value is -0.910. The summed E-state index contributed by atoms with van der Waals surface area (Å²) in [5.41, 5.74) is 1.18.